The number of carbonyl (C=O) groups is 3. The first-order chi connectivity index (χ1) is 16.5. The van der Waals surface area contributed by atoms with Crippen molar-refractivity contribution in [3.8, 4) is 0 Å². The van der Waals surface area contributed by atoms with Crippen LogP contribution < -0.4 is 16.0 Å². The molecule has 0 spiro atoms. The minimum atomic E-state index is -0.755. The Balaban J connectivity index is 4.46. The van der Waals surface area contributed by atoms with Crippen molar-refractivity contribution in [2.24, 2.45) is 5.41 Å². The molecule has 0 unspecified atom stereocenters. The molecule has 0 saturated carbocycles. The first-order valence-corrected chi connectivity index (χ1v) is 11.4. The number of nitrogens with one attached hydrogen (secondary N) is 3. The van der Waals surface area contributed by atoms with Crippen LogP contribution in [0.5, 0.6) is 0 Å². The molecule has 0 fully saturated rings. The number of amides is 3. The van der Waals surface area contributed by atoms with Crippen LogP contribution in [0.4, 0.5) is 9.59 Å². The van der Waals surface area contributed by atoms with Gasteiger partial charge in [0.2, 0.25) is 5.91 Å². The van der Waals surface area contributed by atoms with Crippen molar-refractivity contribution in [3.05, 3.63) is 24.3 Å². The lowest BCUT2D eigenvalue weighted by atomic mass is 9.89. The molecular weight excluding hydrogens is 462 g/mol. The molecule has 0 radical (unpaired) electrons. The van der Waals surface area contributed by atoms with Crippen molar-refractivity contribution in [3.63, 3.8) is 0 Å². The van der Waals surface area contributed by atoms with Gasteiger partial charge in [0.25, 0.3) is 0 Å². The Labute approximate surface area is 207 Å². The van der Waals surface area contributed by atoms with E-state index >= 15 is 0 Å². The molecule has 3 amide bonds. The van der Waals surface area contributed by atoms with Crippen molar-refractivity contribution in [1.82, 2.24) is 16.0 Å². The van der Waals surface area contributed by atoms with Crippen LogP contribution in [-0.4, -0.2) is 76.9 Å². The fraction of sp³-hybridized carbons (Fsp3) is 0.696. The summed E-state index contributed by atoms with van der Waals surface area (Å²) in [6.45, 7) is 17.0. The van der Waals surface area contributed by atoms with E-state index in [0.717, 1.165) is 11.1 Å². The minimum absolute atomic E-state index is 0.110. The summed E-state index contributed by atoms with van der Waals surface area (Å²) in [6.07, 6.45) is -0.854. The van der Waals surface area contributed by atoms with Crippen molar-refractivity contribution in [1.29, 1.82) is 0 Å². The average Bonchev–Trinajstić information content (AvgIpc) is 2.79. The van der Waals surface area contributed by atoms with E-state index in [1.165, 1.54) is 0 Å². The van der Waals surface area contributed by atoms with Gasteiger partial charge in [-0.1, -0.05) is 45.1 Å². The fourth-order valence-corrected chi connectivity index (χ4v) is 1.92. The number of rotatable bonds is 19. The summed E-state index contributed by atoms with van der Waals surface area (Å²) in [5, 5.41) is 7.72. The topological polar surface area (TPSA) is 143 Å². The Bertz CT molecular complexity index is 641. The molecule has 0 rings (SSSR count). The first kappa shape index (κ1) is 32.3. The molecule has 35 heavy (non-hydrogen) atoms. The van der Waals surface area contributed by atoms with Gasteiger partial charge in [-0.15, -0.1) is 0 Å². The molecule has 12 heteroatoms. The summed E-state index contributed by atoms with van der Waals surface area (Å²) in [7, 11) is 0. The normalized spacial score (nSPS) is 11.0. The molecule has 12 nitrogen and oxygen atoms in total. The molecule has 0 aliphatic rings. The van der Waals surface area contributed by atoms with Gasteiger partial charge in [-0.25, -0.2) is 29.1 Å². The molecule has 0 heterocycles. The molecule has 0 aromatic rings. The molecule has 0 aliphatic carbocycles. The van der Waals surface area contributed by atoms with E-state index < -0.39 is 23.6 Å². The number of alkyl carbamates (subject to hydrolysis) is 2. The molecule has 0 saturated heterocycles. The molecule has 3 N–H and O–H groups in total. The van der Waals surface area contributed by atoms with Crippen LogP contribution in [0.3, 0.4) is 0 Å². The van der Waals surface area contributed by atoms with Crippen molar-refractivity contribution < 1.29 is 43.4 Å². The van der Waals surface area contributed by atoms with E-state index in [4.69, 9.17) is 29.0 Å². The summed E-state index contributed by atoms with van der Waals surface area (Å²) in [4.78, 5) is 55.9. The van der Waals surface area contributed by atoms with E-state index in [1.54, 1.807) is 27.7 Å². The highest BCUT2D eigenvalue weighted by Gasteiger charge is 2.28. The van der Waals surface area contributed by atoms with Crippen molar-refractivity contribution >= 4 is 18.1 Å². The highest BCUT2D eigenvalue weighted by molar-refractivity contribution is 5.82. The van der Waals surface area contributed by atoms with Crippen molar-refractivity contribution in [2.45, 2.75) is 47.1 Å². The maximum absolute atomic E-state index is 12.5. The number of ether oxygens (including phenoxy) is 2. The van der Waals surface area contributed by atoms with E-state index in [-0.39, 0.29) is 58.6 Å². The third-order valence-corrected chi connectivity index (χ3v) is 4.35. The van der Waals surface area contributed by atoms with Gasteiger partial charge in [-0.3, -0.25) is 4.79 Å². The van der Waals surface area contributed by atoms with E-state index in [1.807, 2.05) is 6.92 Å². The Morgan fingerprint density at radius 1 is 0.800 bits per heavy atom. The minimum Gasteiger partial charge on any atom is -0.447 e. The summed E-state index contributed by atoms with van der Waals surface area (Å²) in [5.74, 6) is -0.260. The summed E-state index contributed by atoms with van der Waals surface area (Å²) in [5.41, 5.74) is 0.951. The van der Waals surface area contributed by atoms with Gasteiger partial charge in [0.15, 0.2) is 0 Å². The van der Waals surface area contributed by atoms with Crippen LogP contribution in [0.15, 0.2) is 24.3 Å². The van der Waals surface area contributed by atoms with Gasteiger partial charge in [-0.2, -0.15) is 0 Å². The molecule has 0 atom stereocenters. The zero-order chi connectivity index (χ0) is 26.7. The van der Waals surface area contributed by atoms with Gasteiger partial charge in [-0.05, 0) is 20.3 Å². The number of hydrogen-bond donors (Lipinski definition) is 3. The summed E-state index contributed by atoms with van der Waals surface area (Å²) >= 11 is 0. The molecule has 202 valence electrons. The van der Waals surface area contributed by atoms with Gasteiger partial charge in [0.1, 0.15) is 26.4 Å². The third-order valence-electron chi connectivity index (χ3n) is 4.35. The van der Waals surface area contributed by atoms with E-state index in [2.05, 4.69) is 29.1 Å². The monoisotopic (exact) mass is 503 g/mol. The van der Waals surface area contributed by atoms with Crippen LogP contribution in [0.2, 0.25) is 0 Å². The van der Waals surface area contributed by atoms with Crippen LogP contribution >= 0.6 is 0 Å². The zero-order valence-corrected chi connectivity index (χ0v) is 21.5. The lowest BCUT2D eigenvalue weighted by Crippen LogP contribution is -2.48. The quantitative estimate of drug-likeness (QED) is 0.105. The second kappa shape index (κ2) is 18.6. The SMILES string of the molecule is C=C(C)COOCCNC(=O)OCC(COC(=O)NCCOOCC(=C)C)NC(=O)C(C)(C)CC. The third kappa shape index (κ3) is 18.3. The van der Waals surface area contributed by atoms with E-state index in [9.17, 15) is 14.4 Å². The second-order valence-electron chi connectivity index (χ2n) is 8.54. The summed E-state index contributed by atoms with van der Waals surface area (Å²) in [6, 6.07) is -0.755. The first-order valence-electron chi connectivity index (χ1n) is 11.4. The maximum atomic E-state index is 12.5. The smallest absolute Gasteiger partial charge is 0.407 e. The van der Waals surface area contributed by atoms with Crippen LogP contribution in [-0.2, 0) is 33.8 Å². The highest BCUT2D eigenvalue weighted by atomic mass is 17.2. The second-order valence-corrected chi connectivity index (χ2v) is 8.54. The Kier molecular flexibility index (Phi) is 17.2. The average molecular weight is 504 g/mol. The zero-order valence-electron chi connectivity index (χ0n) is 21.5. The van der Waals surface area contributed by atoms with Gasteiger partial charge in [0, 0.05) is 18.5 Å². The Morgan fingerprint density at radius 3 is 1.60 bits per heavy atom. The van der Waals surface area contributed by atoms with Crippen LogP contribution in [0.1, 0.15) is 41.0 Å². The van der Waals surface area contributed by atoms with Gasteiger partial charge in [0.05, 0.1) is 19.3 Å². The molecule has 0 aromatic heterocycles. The van der Waals surface area contributed by atoms with Gasteiger partial charge >= 0.3 is 12.2 Å². The predicted octanol–water partition coefficient (Wildman–Crippen LogP) is 2.41. The maximum Gasteiger partial charge on any atom is 0.407 e. The Hall–Kier alpha value is -2.67. The lowest BCUT2D eigenvalue weighted by molar-refractivity contribution is -0.286. The number of carbonyl (C=O) groups excluding carboxylic acids is 3. The fourth-order valence-electron chi connectivity index (χ4n) is 1.92. The molecular formula is C23H41N3O9. The molecule has 0 aliphatic heterocycles. The standard InChI is InChI=1S/C23H41N3O9/c1-8-23(6,7)20(27)26-19(15-30-21(28)24-9-11-32-34-13-17(2)3)16-31-22(29)25-10-12-33-35-14-18(4)5/h19H,2,4,8-16H2,1,3,5-7H3,(H,24,28)(H,25,29)(H,26,27). The molecule has 0 bridgehead atoms. The number of hydrogen-bond acceptors (Lipinski definition) is 9. The summed E-state index contributed by atoms with van der Waals surface area (Å²) < 4.78 is 10.3. The lowest BCUT2D eigenvalue weighted by Gasteiger charge is -2.26. The van der Waals surface area contributed by atoms with Crippen LogP contribution in [0.25, 0.3) is 0 Å². The predicted molar refractivity (Wildman–Crippen MR) is 128 cm³/mol. The van der Waals surface area contributed by atoms with Crippen LogP contribution in [0, 0.1) is 5.41 Å². The molecule has 0 aromatic carbocycles. The van der Waals surface area contributed by atoms with Crippen molar-refractivity contribution in [2.75, 3.05) is 52.7 Å². The largest absolute Gasteiger partial charge is 0.447 e. The highest BCUT2D eigenvalue weighted by Crippen LogP contribution is 2.19. The Morgan fingerprint density at radius 2 is 1.23 bits per heavy atom. The van der Waals surface area contributed by atoms with Gasteiger partial charge < -0.3 is 25.4 Å². The van der Waals surface area contributed by atoms with E-state index in [0.29, 0.717) is 6.42 Å².